The van der Waals surface area contributed by atoms with Gasteiger partial charge in [-0.3, -0.25) is 0 Å². The van der Waals surface area contributed by atoms with Crippen LogP contribution in [0.1, 0.15) is 10.4 Å². The standard InChI is InChI=1S/C16H9Cl2NO3/c17-14-13(6-7-19-15(14)18)22-10-4-5-11-9(8-10)2-1-3-12(11)16(20)21/h1-8H,(H,20,21). The van der Waals surface area contributed by atoms with E-state index in [0.717, 1.165) is 5.39 Å². The number of carboxylic acids is 1. The lowest BCUT2D eigenvalue weighted by Gasteiger charge is -2.09. The number of carbonyl (C=O) groups is 1. The Morgan fingerprint density at radius 2 is 1.95 bits per heavy atom. The Morgan fingerprint density at radius 3 is 2.73 bits per heavy atom. The Balaban J connectivity index is 2.03. The summed E-state index contributed by atoms with van der Waals surface area (Å²) in [5.74, 6) is -0.0576. The first-order chi connectivity index (χ1) is 10.6. The molecule has 0 aliphatic rings. The normalized spacial score (nSPS) is 10.6. The Kier molecular flexibility index (Phi) is 3.88. The molecule has 0 amide bonds. The van der Waals surface area contributed by atoms with Crippen LogP contribution in [0.5, 0.6) is 11.5 Å². The van der Waals surface area contributed by atoms with Gasteiger partial charge in [0, 0.05) is 12.3 Å². The smallest absolute Gasteiger partial charge is 0.336 e. The molecule has 4 nitrogen and oxygen atoms in total. The Hall–Kier alpha value is -2.30. The van der Waals surface area contributed by atoms with Crippen molar-refractivity contribution in [2.75, 3.05) is 0 Å². The maximum Gasteiger partial charge on any atom is 0.336 e. The molecule has 110 valence electrons. The van der Waals surface area contributed by atoms with Crippen LogP contribution in [0.15, 0.2) is 48.7 Å². The topological polar surface area (TPSA) is 59.4 Å². The molecule has 22 heavy (non-hydrogen) atoms. The van der Waals surface area contributed by atoms with Gasteiger partial charge in [-0.1, -0.05) is 35.3 Å². The number of aromatic nitrogens is 1. The highest BCUT2D eigenvalue weighted by atomic mass is 35.5. The fraction of sp³-hybridized carbons (Fsp3) is 0. The Bertz CT molecular complexity index is 880. The zero-order chi connectivity index (χ0) is 15.7. The van der Waals surface area contributed by atoms with Crippen molar-refractivity contribution in [1.29, 1.82) is 0 Å². The Labute approximate surface area is 135 Å². The largest absolute Gasteiger partial charge is 0.478 e. The van der Waals surface area contributed by atoms with E-state index in [1.54, 1.807) is 36.4 Å². The maximum absolute atomic E-state index is 11.2. The number of rotatable bonds is 3. The molecule has 0 bridgehead atoms. The number of ether oxygens (including phenoxy) is 1. The molecule has 2 aromatic carbocycles. The van der Waals surface area contributed by atoms with Crippen molar-refractivity contribution >= 4 is 39.9 Å². The fourth-order valence-corrected chi connectivity index (χ4v) is 2.42. The molecule has 0 atom stereocenters. The van der Waals surface area contributed by atoms with Crippen LogP contribution < -0.4 is 4.74 Å². The molecule has 1 aromatic heterocycles. The molecule has 0 saturated heterocycles. The first-order valence-corrected chi connectivity index (χ1v) is 7.06. The summed E-state index contributed by atoms with van der Waals surface area (Å²) in [6.07, 6.45) is 1.49. The lowest BCUT2D eigenvalue weighted by Crippen LogP contribution is -1.97. The van der Waals surface area contributed by atoms with Crippen LogP contribution in [0.4, 0.5) is 0 Å². The summed E-state index contributed by atoms with van der Waals surface area (Å²) >= 11 is 11.9. The highest BCUT2D eigenvalue weighted by molar-refractivity contribution is 6.42. The van der Waals surface area contributed by atoms with Gasteiger partial charge in [0.15, 0.2) is 10.9 Å². The minimum absolute atomic E-state index is 0.160. The van der Waals surface area contributed by atoms with Crippen LogP contribution >= 0.6 is 23.2 Å². The highest BCUT2D eigenvalue weighted by Crippen LogP contribution is 2.34. The van der Waals surface area contributed by atoms with Crippen molar-refractivity contribution in [3.8, 4) is 11.5 Å². The minimum Gasteiger partial charge on any atom is -0.478 e. The van der Waals surface area contributed by atoms with E-state index in [1.165, 1.54) is 6.20 Å². The third-order valence-corrected chi connectivity index (χ3v) is 3.87. The van der Waals surface area contributed by atoms with Crippen molar-refractivity contribution in [2.24, 2.45) is 0 Å². The third kappa shape index (κ3) is 2.71. The molecule has 0 unspecified atom stereocenters. The second kappa shape index (κ2) is 5.83. The van der Waals surface area contributed by atoms with Gasteiger partial charge in [-0.05, 0) is 35.0 Å². The SMILES string of the molecule is O=C(O)c1cccc2cc(Oc3ccnc(Cl)c3Cl)ccc12. The van der Waals surface area contributed by atoms with Crippen LogP contribution in [-0.2, 0) is 0 Å². The van der Waals surface area contributed by atoms with Crippen LogP contribution in [0.25, 0.3) is 10.8 Å². The summed E-state index contributed by atoms with van der Waals surface area (Å²) in [6.45, 7) is 0. The van der Waals surface area contributed by atoms with Gasteiger partial charge in [-0.15, -0.1) is 0 Å². The molecule has 0 saturated carbocycles. The zero-order valence-corrected chi connectivity index (χ0v) is 12.6. The molecule has 0 aliphatic carbocycles. The van der Waals surface area contributed by atoms with Gasteiger partial charge in [0.2, 0.25) is 0 Å². The first kappa shape index (κ1) is 14.6. The monoisotopic (exact) mass is 333 g/mol. The third-order valence-electron chi connectivity index (χ3n) is 3.12. The van der Waals surface area contributed by atoms with Crippen molar-refractivity contribution in [2.45, 2.75) is 0 Å². The fourth-order valence-electron chi connectivity index (χ4n) is 2.12. The predicted octanol–water partition coefficient (Wildman–Crippen LogP) is 5.03. The van der Waals surface area contributed by atoms with E-state index < -0.39 is 5.97 Å². The number of halogens is 2. The second-order valence-corrected chi connectivity index (χ2v) is 5.25. The summed E-state index contributed by atoms with van der Waals surface area (Å²) in [7, 11) is 0. The van der Waals surface area contributed by atoms with Gasteiger partial charge in [0.25, 0.3) is 0 Å². The van der Waals surface area contributed by atoms with E-state index in [2.05, 4.69) is 4.98 Å². The van der Waals surface area contributed by atoms with Crippen molar-refractivity contribution < 1.29 is 14.6 Å². The summed E-state index contributed by atoms with van der Waals surface area (Å²) in [6, 6.07) is 11.8. The Morgan fingerprint density at radius 1 is 1.14 bits per heavy atom. The number of carboxylic acid groups (broad SMARTS) is 1. The van der Waals surface area contributed by atoms with Crippen molar-refractivity contribution in [1.82, 2.24) is 4.98 Å². The number of hydrogen-bond acceptors (Lipinski definition) is 3. The summed E-state index contributed by atoms with van der Waals surface area (Å²) < 4.78 is 5.69. The molecule has 0 aliphatic heterocycles. The van der Waals surface area contributed by atoms with Crippen LogP contribution in [-0.4, -0.2) is 16.1 Å². The van der Waals surface area contributed by atoms with Crippen molar-refractivity contribution in [3.63, 3.8) is 0 Å². The van der Waals surface area contributed by atoms with Gasteiger partial charge in [0.05, 0.1) is 5.56 Å². The summed E-state index contributed by atoms with van der Waals surface area (Å²) in [4.78, 5) is 15.1. The minimum atomic E-state index is -0.969. The molecule has 3 rings (SSSR count). The van der Waals surface area contributed by atoms with Gasteiger partial charge in [-0.2, -0.15) is 0 Å². The summed E-state index contributed by atoms with van der Waals surface area (Å²) in [5.41, 5.74) is 0.244. The second-order valence-electron chi connectivity index (χ2n) is 4.51. The first-order valence-electron chi connectivity index (χ1n) is 6.30. The molecular weight excluding hydrogens is 325 g/mol. The van der Waals surface area contributed by atoms with E-state index in [-0.39, 0.29) is 15.7 Å². The van der Waals surface area contributed by atoms with Crippen LogP contribution in [0.3, 0.4) is 0 Å². The number of aromatic carboxylic acids is 1. The molecule has 0 radical (unpaired) electrons. The van der Waals surface area contributed by atoms with E-state index in [4.69, 9.17) is 27.9 Å². The van der Waals surface area contributed by atoms with Gasteiger partial charge in [0.1, 0.15) is 10.8 Å². The van der Waals surface area contributed by atoms with E-state index in [0.29, 0.717) is 16.9 Å². The molecule has 0 spiro atoms. The number of pyridine rings is 1. The predicted molar refractivity (Wildman–Crippen MR) is 85.2 cm³/mol. The molecule has 6 heteroatoms. The molecular formula is C16H9Cl2NO3. The van der Waals surface area contributed by atoms with E-state index in [9.17, 15) is 9.90 Å². The van der Waals surface area contributed by atoms with Gasteiger partial charge >= 0.3 is 5.97 Å². The lowest BCUT2D eigenvalue weighted by atomic mass is 10.0. The average Bonchev–Trinajstić information content (AvgIpc) is 2.51. The molecule has 1 heterocycles. The van der Waals surface area contributed by atoms with Crippen LogP contribution in [0.2, 0.25) is 10.2 Å². The molecule has 1 N–H and O–H groups in total. The van der Waals surface area contributed by atoms with Crippen molar-refractivity contribution in [3.05, 3.63) is 64.4 Å². The quantitative estimate of drug-likeness (QED) is 0.682. The number of hydrogen-bond donors (Lipinski definition) is 1. The summed E-state index contributed by atoms with van der Waals surface area (Å²) in [5, 5.41) is 11.0. The number of nitrogens with zero attached hydrogens (tertiary/aromatic N) is 1. The van der Waals surface area contributed by atoms with E-state index >= 15 is 0 Å². The number of benzene rings is 2. The average molecular weight is 334 g/mol. The zero-order valence-electron chi connectivity index (χ0n) is 11.1. The van der Waals surface area contributed by atoms with Crippen LogP contribution in [0, 0.1) is 0 Å². The van der Waals surface area contributed by atoms with Gasteiger partial charge < -0.3 is 9.84 Å². The van der Waals surface area contributed by atoms with Gasteiger partial charge in [-0.25, -0.2) is 9.78 Å². The maximum atomic E-state index is 11.2. The van der Waals surface area contributed by atoms with E-state index in [1.807, 2.05) is 6.07 Å². The molecule has 0 fully saturated rings. The highest BCUT2D eigenvalue weighted by Gasteiger charge is 2.11. The number of fused-ring (bicyclic) bond motifs is 1. The lowest BCUT2D eigenvalue weighted by molar-refractivity contribution is 0.0699. The molecule has 3 aromatic rings.